The molecule has 18 heavy (non-hydrogen) atoms. The number of rotatable bonds is 4. The van der Waals surface area contributed by atoms with Crippen molar-refractivity contribution in [2.75, 3.05) is 0 Å². The molecule has 0 radical (unpaired) electrons. The third-order valence-corrected chi connectivity index (χ3v) is 2.66. The van der Waals surface area contributed by atoms with E-state index in [2.05, 4.69) is 4.98 Å². The summed E-state index contributed by atoms with van der Waals surface area (Å²) in [5.41, 5.74) is 0.340. The molecule has 2 aromatic rings. The number of aromatic nitrogens is 1. The third kappa shape index (κ3) is 1.90. The molecule has 7 heteroatoms. The van der Waals surface area contributed by atoms with Crippen LogP contribution < -0.4 is 0 Å². The summed E-state index contributed by atoms with van der Waals surface area (Å²) in [7, 11) is 0. The van der Waals surface area contributed by atoms with Gasteiger partial charge in [0.25, 0.3) is 12.2 Å². The Labute approximate surface area is 101 Å². The highest BCUT2D eigenvalue weighted by molar-refractivity contribution is 5.91. The minimum absolute atomic E-state index is 0.206. The highest BCUT2D eigenvalue weighted by atomic mass is 19.1. The molecule has 0 saturated heterocycles. The van der Waals surface area contributed by atoms with Gasteiger partial charge in [-0.05, 0) is 13.0 Å². The largest absolute Gasteiger partial charge is 0.460 e. The van der Waals surface area contributed by atoms with E-state index < -0.39 is 16.8 Å². The first kappa shape index (κ1) is 12.0. The van der Waals surface area contributed by atoms with Crippen LogP contribution in [0.5, 0.6) is 0 Å². The summed E-state index contributed by atoms with van der Waals surface area (Å²) in [6.07, 6.45) is 0.850. The highest BCUT2D eigenvalue weighted by Crippen LogP contribution is 2.32. The number of ether oxygens (including phenoxy) is 1. The molecular weight excluding hydrogens is 243 g/mol. The Morgan fingerprint density at radius 2 is 2.28 bits per heavy atom. The fourth-order valence-corrected chi connectivity index (χ4v) is 1.84. The summed E-state index contributed by atoms with van der Waals surface area (Å²) in [5, 5.41) is 11.1. The van der Waals surface area contributed by atoms with Crippen molar-refractivity contribution in [1.29, 1.82) is 0 Å². The molecule has 0 spiro atoms. The third-order valence-electron chi connectivity index (χ3n) is 2.66. The summed E-state index contributed by atoms with van der Waals surface area (Å²) in [5.74, 6) is -0.714. The Morgan fingerprint density at radius 1 is 1.56 bits per heavy atom. The van der Waals surface area contributed by atoms with Crippen LogP contribution in [0.2, 0.25) is 0 Å². The molecule has 0 saturated carbocycles. The lowest BCUT2D eigenvalue weighted by molar-refractivity contribution is -0.383. The summed E-state index contributed by atoms with van der Waals surface area (Å²) in [4.78, 5) is 23.1. The molecule has 1 atom stereocenters. The monoisotopic (exact) mass is 252 g/mol. The van der Waals surface area contributed by atoms with Gasteiger partial charge < -0.3 is 9.72 Å². The van der Waals surface area contributed by atoms with E-state index in [1.165, 1.54) is 12.3 Å². The van der Waals surface area contributed by atoms with Gasteiger partial charge in [-0.1, -0.05) is 0 Å². The number of carbonyl (C=O) groups is 1. The highest BCUT2D eigenvalue weighted by Gasteiger charge is 2.20. The van der Waals surface area contributed by atoms with Gasteiger partial charge in [0.15, 0.2) is 0 Å². The fraction of sp³-hybridized carbons (Fsp3) is 0.182. The van der Waals surface area contributed by atoms with Gasteiger partial charge in [-0.3, -0.25) is 14.9 Å². The number of benzene rings is 1. The van der Waals surface area contributed by atoms with Gasteiger partial charge in [0.2, 0.25) is 0 Å². The van der Waals surface area contributed by atoms with E-state index in [-0.39, 0.29) is 17.7 Å². The fourth-order valence-electron chi connectivity index (χ4n) is 1.84. The molecule has 1 aromatic carbocycles. The van der Waals surface area contributed by atoms with Crippen molar-refractivity contribution >= 4 is 23.1 Å². The molecule has 0 fully saturated rings. The molecule has 0 aliphatic heterocycles. The lowest BCUT2D eigenvalue weighted by atomic mass is 10.1. The zero-order valence-electron chi connectivity index (χ0n) is 9.34. The van der Waals surface area contributed by atoms with Gasteiger partial charge in [-0.15, -0.1) is 0 Å². The summed E-state index contributed by atoms with van der Waals surface area (Å²) < 4.78 is 18.1. The zero-order valence-corrected chi connectivity index (χ0v) is 9.34. The van der Waals surface area contributed by atoms with Gasteiger partial charge in [0.05, 0.1) is 11.0 Å². The first-order chi connectivity index (χ1) is 8.54. The summed E-state index contributed by atoms with van der Waals surface area (Å²) in [6.45, 7) is 1.87. The first-order valence-corrected chi connectivity index (χ1v) is 5.08. The normalized spacial score (nSPS) is 12.3. The Balaban J connectivity index is 2.66. The quantitative estimate of drug-likeness (QED) is 0.514. The second-order valence-electron chi connectivity index (χ2n) is 3.72. The van der Waals surface area contributed by atoms with Crippen LogP contribution >= 0.6 is 0 Å². The van der Waals surface area contributed by atoms with Crippen LogP contribution in [0.4, 0.5) is 10.1 Å². The molecule has 2 rings (SSSR count). The van der Waals surface area contributed by atoms with Crippen molar-refractivity contribution in [3.05, 3.63) is 39.8 Å². The molecule has 1 unspecified atom stereocenters. The van der Waals surface area contributed by atoms with Crippen molar-refractivity contribution < 1.29 is 18.8 Å². The van der Waals surface area contributed by atoms with Crippen LogP contribution in [0.25, 0.3) is 10.9 Å². The average Bonchev–Trinajstić information content (AvgIpc) is 2.71. The van der Waals surface area contributed by atoms with Crippen LogP contribution in [-0.4, -0.2) is 16.4 Å². The molecule has 1 aromatic heterocycles. The summed E-state index contributed by atoms with van der Waals surface area (Å²) >= 11 is 0. The minimum Gasteiger partial charge on any atom is -0.460 e. The maximum atomic E-state index is 13.3. The Hall–Kier alpha value is -2.44. The van der Waals surface area contributed by atoms with Gasteiger partial charge in [0.1, 0.15) is 17.4 Å². The molecule has 1 heterocycles. The Kier molecular flexibility index (Phi) is 2.97. The van der Waals surface area contributed by atoms with E-state index >= 15 is 0 Å². The SMILES string of the molecule is CC(OC=O)c1c[nH]c2c([N+](=O)[O-])cc(F)cc12. The standard InChI is InChI=1S/C11H9FN2O4/c1-6(18-5-15)9-4-13-11-8(9)2-7(12)3-10(11)14(16)17/h2-6,13H,1H3. The maximum absolute atomic E-state index is 13.3. The number of nitrogens with one attached hydrogen (secondary N) is 1. The van der Waals surface area contributed by atoms with Crippen molar-refractivity contribution in [3.8, 4) is 0 Å². The second-order valence-corrected chi connectivity index (χ2v) is 3.72. The number of nitro groups is 1. The molecule has 0 amide bonds. The van der Waals surface area contributed by atoms with Gasteiger partial charge >= 0.3 is 0 Å². The Bertz CT molecular complexity index is 623. The van der Waals surface area contributed by atoms with Gasteiger partial charge in [-0.25, -0.2) is 4.39 Å². The van der Waals surface area contributed by atoms with E-state index in [9.17, 15) is 19.3 Å². The lowest BCUT2D eigenvalue weighted by Crippen LogP contribution is -1.97. The number of hydrogen-bond acceptors (Lipinski definition) is 4. The number of halogens is 1. The first-order valence-electron chi connectivity index (χ1n) is 5.08. The summed E-state index contributed by atoms with van der Waals surface area (Å²) in [6, 6.07) is 2.01. The number of fused-ring (bicyclic) bond motifs is 1. The van der Waals surface area contributed by atoms with E-state index in [4.69, 9.17) is 4.74 Å². The molecule has 0 aliphatic carbocycles. The van der Waals surface area contributed by atoms with Gasteiger partial charge in [0, 0.05) is 17.1 Å². The van der Waals surface area contributed by atoms with E-state index in [1.54, 1.807) is 6.92 Å². The maximum Gasteiger partial charge on any atom is 0.296 e. The minimum atomic E-state index is -0.714. The van der Waals surface area contributed by atoms with Crippen LogP contribution in [0.15, 0.2) is 18.3 Å². The van der Waals surface area contributed by atoms with Crippen LogP contribution in [-0.2, 0) is 9.53 Å². The molecule has 94 valence electrons. The number of hydrogen-bond donors (Lipinski definition) is 1. The number of carbonyl (C=O) groups excluding carboxylic acids is 1. The lowest BCUT2D eigenvalue weighted by Gasteiger charge is -2.07. The number of aromatic amines is 1. The number of nitrogens with zero attached hydrogens (tertiary/aromatic N) is 1. The second kappa shape index (κ2) is 4.44. The number of H-pyrrole nitrogens is 1. The Morgan fingerprint density at radius 3 is 2.89 bits per heavy atom. The van der Waals surface area contributed by atoms with Crippen molar-refractivity contribution in [2.24, 2.45) is 0 Å². The molecular formula is C11H9FN2O4. The molecule has 6 nitrogen and oxygen atoms in total. The number of non-ortho nitro benzene ring substituents is 1. The van der Waals surface area contributed by atoms with Crippen molar-refractivity contribution in [2.45, 2.75) is 13.0 Å². The van der Waals surface area contributed by atoms with Crippen LogP contribution in [0, 0.1) is 15.9 Å². The zero-order chi connectivity index (χ0) is 13.3. The average molecular weight is 252 g/mol. The van der Waals surface area contributed by atoms with Gasteiger partial charge in [-0.2, -0.15) is 0 Å². The topological polar surface area (TPSA) is 85.2 Å². The van der Waals surface area contributed by atoms with Crippen LogP contribution in [0.1, 0.15) is 18.6 Å². The predicted molar refractivity (Wildman–Crippen MR) is 60.5 cm³/mol. The van der Waals surface area contributed by atoms with Crippen molar-refractivity contribution in [3.63, 3.8) is 0 Å². The predicted octanol–water partition coefficient (Wildman–Crippen LogP) is 2.45. The smallest absolute Gasteiger partial charge is 0.296 e. The number of nitro benzene ring substituents is 1. The van der Waals surface area contributed by atoms with E-state index in [0.717, 1.165) is 6.07 Å². The molecule has 1 N–H and O–H groups in total. The van der Waals surface area contributed by atoms with Crippen molar-refractivity contribution in [1.82, 2.24) is 4.98 Å². The molecule has 0 bridgehead atoms. The van der Waals surface area contributed by atoms with E-state index in [0.29, 0.717) is 10.9 Å². The van der Waals surface area contributed by atoms with Crippen LogP contribution in [0.3, 0.4) is 0 Å². The molecule has 0 aliphatic rings. The van der Waals surface area contributed by atoms with E-state index in [1.807, 2.05) is 0 Å².